The smallest absolute Gasteiger partial charge is 0.312 e. The van der Waals surface area contributed by atoms with E-state index in [1.54, 1.807) is 22.0 Å². The van der Waals surface area contributed by atoms with Crippen LogP contribution in [0.25, 0.3) is 0 Å². The van der Waals surface area contributed by atoms with E-state index in [-0.39, 0.29) is 35.8 Å². The fourth-order valence-electron chi connectivity index (χ4n) is 6.83. The number of amides is 2. The highest BCUT2D eigenvalue weighted by Gasteiger charge is 2.77. The van der Waals surface area contributed by atoms with Crippen molar-refractivity contribution >= 4 is 33.7 Å². The van der Waals surface area contributed by atoms with Gasteiger partial charge in [-0.15, -0.1) is 13.2 Å². The van der Waals surface area contributed by atoms with E-state index in [0.29, 0.717) is 52.1 Å². The topological polar surface area (TPSA) is 109 Å². The summed E-state index contributed by atoms with van der Waals surface area (Å²) >= 11 is 3.69. The standard InChI is InChI=1S/C29H44BrN3O7/c1-5-8-14-39-28(37)22-23-26(35)33(21(18-34)19(4)7-3)25(29(23)17-20(30)24(22)40-29)27(36)32(9-6-2)11-10-31-12-15-38-16-13-31/h5-6,19-25,34H,1-2,7-18H2,3-4H3/t19-,20?,21-,22-,23-,24-,25?,29?/m0/s1. The van der Waals surface area contributed by atoms with Crippen LogP contribution in [-0.4, -0.2) is 125 Å². The second-order valence-corrected chi connectivity index (χ2v) is 12.5. The van der Waals surface area contributed by atoms with Crippen molar-refractivity contribution in [2.75, 3.05) is 59.2 Å². The van der Waals surface area contributed by atoms with Gasteiger partial charge in [-0.2, -0.15) is 0 Å². The Morgan fingerprint density at radius 2 is 2.02 bits per heavy atom. The third-order valence-corrected chi connectivity index (χ3v) is 9.94. The molecule has 0 aromatic carbocycles. The molecule has 4 aliphatic heterocycles. The van der Waals surface area contributed by atoms with E-state index in [9.17, 15) is 19.5 Å². The molecule has 0 aromatic rings. The van der Waals surface area contributed by atoms with E-state index in [1.165, 1.54) is 0 Å². The van der Waals surface area contributed by atoms with Crippen LogP contribution in [0.3, 0.4) is 0 Å². The highest BCUT2D eigenvalue weighted by Crippen LogP contribution is 2.61. The van der Waals surface area contributed by atoms with Gasteiger partial charge >= 0.3 is 5.97 Å². The lowest BCUT2D eigenvalue weighted by molar-refractivity contribution is -0.157. The van der Waals surface area contributed by atoms with E-state index < -0.39 is 41.6 Å². The molecule has 2 bridgehead atoms. The molecule has 1 spiro atoms. The third-order valence-electron chi connectivity index (χ3n) is 9.10. The number of ether oxygens (including phenoxy) is 3. The number of carbonyl (C=O) groups excluding carboxylic acids is 3. The number of hydrogen-bond donors (Lipinski definition) is 1. The minimum absolute atomic E-state index is 0.0735. The van der Waals surface area contributed by atoms with Crippen LogP contribution in [0.15, 0.2) is 25.3 Å². The maximum atomic E-state index is 14.6. The summed E-state index contributed by atoms with van der Waals surface area (Å²) in [4.78, 5) is 47.6. The van der Waals surface area contributed by atoms with Crippen molar-refractivity contribution in [2.45, 2.75) is 61.7 Å². The van der Waals surface area contributed by atoms with Crippen molar-refractivity contribution < 1.29 is 33.7 Å². The lowest BCUT2D eigenvalue weighted by Crippen LogP contribution is -2.60. The van der Waals surface area contributed by atoms with E-state index >= 15 is 0 Å². The first-order valence-corrected chi connectivity index (χ1v) is 15.4. The van der Waals surface area contributed by atoms with E-state index in [4.69, 9.17) is 14.2 Å². The Labute approximate surface area is 245 Å². The van der Waals surface area contributed by atoms with Gasteiger partial charge in [0.05, 0.1) is 50.4 Å². The number of nitrogens with zero attached hydrogens (tertiary/aromatic N) is 3. The molecule has 0 saturated carbocycles. The van der Waals surface area contributed by atoms with E-state index in [1.807, 2.05) is 13.8 Å². The molecule has 4 aliphatic rings. The summed E-state index contributed by atoms with van der Waals surface area (Å²) in [6, 6.07) is -1.57. The summed E-state index contributed by atoms with van der Waals surface area (Å²) in [6.07, 6.45) is 4.38. The lowest BCUT2D eigenvalue weighted by atomic mass is 9.70. The Hall–Kier alpha value is -1.79. The summed E-state index contributed by atoms with van der Waals surface area (Å²) in [5.41, 5.74) is -1.20. The largest absolute Gasteiger partial charge is 0.465 e. The molecule has 1 N–H and O–H groups in total. The van der Waals surface area contributed by atoms with Gasteiger partial charge in [-0.25, -0.2) is 0 Å². The first kappa shape index (κ1) is 31.2. The van der Waals surface area contributed by atoms with Gasteiger partial charge in [0.15, 0.2) is 0 Å². The Morgan fingerprint density at radius 3 is 2.65 bits per heavy atom. The molecule has 224 valence electrons. The van der Waals surface area contributed by atoms with Crippen molar-refractivity contribution in [3.63, 3.8) is 0 Å². The Kier molecular flexibility index (Phi) is 10.5. The number of carbonyl (C=O) groups is 3. The number of esters is 1. The summed E-state index contributed by atoms with van der Waals surface area (Å²) in [5, 5.41) is 10.5. The average molecular weight is 627 g/mol. The monoisotopic (exact) mass is 625 g/mol. The van der Waals surface area contributed by atoms with Crippen LogP contribution in [-0.2, 0) is 28.6 Å². The Morgan fingerprint density at radius 1 is 1.30 bits per heavy atom. The van der Waals surface area contributed by atoms with E-state index in [2.05, 4.69) is 34.0 Å². The number of hydrogen-bond acceptors (Lipinski definition) is 8. The van der Waals surface area contributed by atoms with Crippen molar-refractivity contribution in [1.29, 1.82) is 0 Å². The zero-order valence-electron chi connectivity index (χ0n) is 23.7. The van der Waals surface area contributed by atoms with E-state index in [0.717, 1.165) is 13.1 Å². The summed E-state index contributed by atoms with van der Waals surface area (Å²) in [5.74, 6) is -2.84. The number of fused-ring (bicyclic) bond motifs is 1. The fraction of sp³-hybridized carbons (Fsp3) is 0.759. The molecular formula is C29H44BrN3O7. The van der Waals surface area contributed by atoms with Gasteiger partial charge in [0.1, 0.15) is 11.6 Å². The minimum Gasteiger partial charge on any atom is -0.465 e. The van der Waals surface area contributed by atoms with Gasteiger partial charge < -0.3 is 29.1 Å². The molecule has 4 rings (SSSR count). The summed E-state index contributed by atoms with van der Waals surface area (Å²) < 4.78 is 17.6. The molecule has 2 amide bonds. The average Bonchev–Trinajstić information content (AvgIpc) is 3.55. The molecule has 4 heterocycles. The molecule has 4 fully saturated rings. The fourth-order valence-corrected chi connectivity index (χ4v) is 7.78. The summed E-state index contributed by atoms with van der Waals surface area (Å²) in [7, 11) is 0. The molecule has 0 radical (unpaired) electrons. The molecule has 0 aromatic heterocycles. The van der Waals surface area contributed by atoms with Gasteiger partial charge in [0, 0.05) is 37.6 Å². The van der Waals surface area contributed by atoms with Crippen molar-refractivity contribution in [2.24, 2.45) is 17.8 Å². The first-order chi connectivity index (χ1) is 19.2. The highest BCUT2D eigenvalue weighted by molar-refractivity contribution is 9.09. The molecule has 11 heteroatoms. The number of rotatable bonds is 14. The van der Waals surface area contributed by atoms with Crippen LogP contribution < -0.4 is 0 Å². The maximum absolute atomic E-state index is 14.6. The first-order valence-electron chi connectivity index (χ1n) is 14.5. The second kappa shape index (κ2) is 13.5. The number of halogens is 1. The van der Waals surface area contributed by atoms with Gasteiger partial charge in [0.2, 0.25) is 11.8 Å². The minimum atomic E-state index is -1.20. The molecule has 0 aliphatic carbocycles. The van der Waals surface area contributed by atoms with Crippen LogP contribution in [0.2, 0.25) is 0 Å². The predicted octanol–water partition coefficient (Wildman–Crippen LogP) is 1.61. The van der Waals surface area contributed by atoms with Gasteiger partial charge in [0.25, 0.3) is 0 Å². The van der Waals surface area contributed by atoms with Crippen LogP contribution >= 0.6 is 15.9 Å². The third kappa shape index (κ3) is 5.64. The van der Waals surface area contributed by atoms with Crippen LogP contribution in [0.5, 0.6) is 0 Å². The van der Waals surface area contributed by atoms with Gasteiger partial charge in [-0.1, -0.05) is 48.4 Å². The quantitative estimate of drug-likeness (QED) is 0.134. The summed E-state index contributed by atoms with van der Waals surface area (Å²) in [6.45, 7) is 15.7. The second-order valence-electron chi connectivity index (χ2n) is 11.3. The zero-order valence-corrected chi connectivity index (χ0v) is 25.3. The van der Waals surface area contributed by atoms with Gasteiger partial charge in [-0.3, -0.25) is 19.3 Å². The predicted molar refractivity (Wildman–Crippen MR) is 153 cm³/mol. The SMILES string of the molecule is C=CCCOC(=O)[C@H]1[C@H]2C(=O)N([C@@H](CO)[C@@H](C)CC)C(C(=O)N(CC=C)CCN3CCOCC3)C23CC(Br)[C@@H]1O3. The molecule has 3 unspecified atom stereocenters. The van der Waals surface area contributed by atoms with Crippen molar-refractivity contribution in [3.05, 3.63) is 25.3 Å². The Balaban J connectivity index is 1.70. The molecule has 4 saturated heterocycles. The maximum Gasteiger partial charge on any atom is 0.312 e. The van der Waals surface area contributed by atoms with Crippen LogP contribution in [0.1, 0.15) is 33.1 Å². The van der Waals surface area contributed by atoms with Crippen molar-refractivity contribution in [1.82, 2.24) is 14.7 Å². The molecule has 40 heavy (non-hydrogen) atoms. The number of alkyl halides is 1. The van der Waals surface area contributed by atoms with Crippen LogP contribution in [0.4, 0.5) is 0 Å². The number of likely N-dealkylation sites (tertiary alicyclic amines) is 1. The normalized spacial score (nSPS) is 33.0. The molecule has 10 nitrogen and oxygen atoms in total. The highest BCUT2D eigenvalue weighted by atomic mass is 79.9. The lowest BCUT2D eigenvalue weighted by Gasteiger charge is -2.41. The Bertz CT molecular complexity index is 960. The zero-order chi connectivity index (χ0) is 29.0. The number of aliphatic hydroxyl groups excluding tert-OH is 1. The van der Waals surface area contributed by atoms with Crippen LogP contribution in [0, 0.1) is 17.8 Å². The molecule has 8 atom stereocenters. The molecular weight excluding hydrogens is 582 g/mol. The van der Waals surface area contributed by atoms with Crippen molar-refractivity contribution in [3.8, 4) is 0 Å². The number of morpholine rings is 1. The van der Waals surface area contributed by atoms with Gasteiger partial charge in [-0.05, 0) is 18.8 Å². The number of aliphatic hydroxyl groups is 1.